The van der Waals surface area contributed by atoms with Crippen molar-refractivity contribution in [3.8, 4) is 0 Å². The van der Waals surface area contributed by atoms with E-state index in [1.54, 1.807) is 18.2 Å². The molecule has 2 aromatic rings. The van der Waals surface area contributed by atoms with Crippen LogP contribution < -0.4 is 11.1 Å². The van der Waals surface area contributed by atoms with Crippen LogP contribution in [0.15, 0.2) is 36.4 Å². The molecule has 0 heterocycles. The van der Waals surface area contributed by atoms with Crippen molar-refractivity contribution in [2.24, 2.45) is 5.73 Å². The van der Waals surface area contributed by atoms with Gasteiger partial charge in [0.25, 0.3) is 0 Å². The van der Waals surface area contributed by atoms with Crippen molar-refractivity contribution in [1.82, 2.24) is 0 Å². The van der Waals surface area contributed by atoms with Crippen LogP contribution in [0.4, 0.5) is 5.69 Å². The number of hydrogen-bond acceptors (Lipinski definition) is 2. The normalized spacial score (nSPS) is 12.0. The third-order valence-corrected chi connectivity index (χ3v) is 3.98. The predicted molar refractivity (Wildman–Crippen MR) is 87.9 cm³/mol. The molecule has 1 atom stereocenters. The molecular formula is C17H19ClN2O. The molecule has 0 aliphatic heterocycles. The molecule has 110 valence electrons. The Hall–Kier alpha value is -2.00. The molecule has 4 heteroatoms. The molecule has 0 saturated carbocycles. The second-order valence-corrected chi connectivity index (χ2v) is 5.68. The number of anilines is 1. The predicted octanol–water partition coefficient (Wildman–Crippen LogP) is 4.23. The third-order valence-electron chi connectivity index (χ3n) is 3.65. The lowest BCUT2D eigenvalue weighted by atomic mass is 10.0. The number of rotatable bonds is 4. The maximum Gasteiger partial charge on any atom is 0.248 e. The summed E-state index contributed by atoms with van der Waals surface area (Å²) in [6, 6.07) is 11.4. The van der Waals surface area contributed by atoms with E-state index in [1.807, 2.05) is 0 Å². The summed E-state index contributed by atoms with van der Waals surface area (Å²) < 4.78 is 0. The van der Waals surface area contributed by atoms with E-state index in [0.717, 1.165) is 0 Å². The summed E-state index contributed by atoms with van der Waals surface area (Å²) >= 11 is 6.17. The summed E-state index contributed by atoms with van der Waals surface area (Å²) in [5.74, 6) is -0.464. The summed E-state index contributed by atoms with van der Waals surface area (Å²) in [7, 11) is 0. The Morgan fingerprint density at radius 1 is 1.14 bits per heavy atom. The topological polar surface area (TPSA) is 55.1 Å². The van der Waals surface area contributed by atoms with Crippen molar-refractivity contribution in [3.63, 3.8) is 0 Å². The molecule has 1 amide bonds. The maximum absolute atomic E-state index is 11.3. The average molecular weight is 303 g/mol. The zero-order valence-electron chi connectivity index (χ0n) is 12.4. The number of aryl methyl sites for hydroxylation is 2. The Kier molecular flexibility index (Phi) is 4.53. The van der Waals surface area contributed by atoms with Crippen LogP contribution in [0.25, 0.3) is 0 Å². The fourth-order valence-corrected chi connectivity index (χ4v) is 2.31. The van der Waals surface area contributed by atoms with Gasteiger partial charge in [0, 0.05) is 11.6 Å². The standard InChI is InChI=1S/C17H19ClN2O/c1-10-4-5-13(8-11(10)2)12(3)20-16-9-14(17(19)21)6-7-15(16)18/h4-9,12,20H,1-3H3,(H2,19,21). The van der Waals surface area contributed by atoms with E-state index in [4.69, 9.17) is 17.3 Å². The largest absolute Gasteiger partial charge is 0.377 e. The van der Waals surface area contributed by atoms with Gasteiger partial charge >= 0.3 is 0 Å². The highest BCUT2D eigenvalue weighted by atomic mass is 35.5. The Bertz CT molecular complexity index is 682. The highest BCUT2D eigenvalue weighted by molar-refractivity contribution is 6.33. The molecule has 0 radical (unpaired) electrons. The smallest absolute Gasteiger partial charge is 0.248 e. The maximum atomic E-state index is 11.3. The van der Waals surface area contributed by atoms with Crippen molar-refractivity contribution in [2.75, 3.05) is 5.32 Å². The lowest BCUT2D eigenvalue weighted by Crippen LogP contribution is -2.12. The van der Waals surface area contributed by atoms with E-state index in [0.29, 0.717) is 16.3 Å². The third kappa shape index (κ3) is 3.56. The first-order chi connectivity index (χ1) is 9.88. The summed E-state index contributed by atoms with van der Waals surface area (Å²) in [4.78, 5) is 11.3. The number of amides is 1. The van der Waals surface area contributed by atoms with Crippen LogP contribution in [0.3, 0.4) is 0 Å². The van der Waals surface area contributed by atoms with Crippen LogP contribution in [-0.4, -0.2) is 5.91 Å². The van der Waals surface area contributed by atoms with Crippen molar-refractivity contribution < 1.29 is 4.79 Å². The van der Waals surface area contributed by atoms with Gasteiger partial charge in [0.15, 0.2) is 0 Å². The first-order valence-corrected chi connectivity index (χ1v) is 7.19. The van der Waals surface area contributed by atoms with E-state index in [2.05, 4.69) is 44.3 Å². The van der Waals surface area contributed by atoms with Gasteiger partial charge in [-0.1, -0.05) is 29.8 Å². The summed E-state index contributed by atoms with van der Waals surface area (Å²) in [6.45, 7) is 6.23. The molecule has 0 aromatic heterocycles. The van der Waals surface area contributed by atoms with Crippen LogP contribution in [0.5, 0.6) is 0 Å². The number of nitrogens with two attached hydrogens (primary N) is 1. The summed E-state index contributed by atoms with van der Waals surface area (Å²) in [5, 5.41) is 3.89. The zero-order valence-corrected chi connectivity index (χ0v) is 13.2. The second kappa shape index (κ2) is 6.19. The molecular weight excluding hydrogens is 284 g/mol. The highest BCUT2D eigenvalue weighted by Gasteiger charge is 2.11. The van der Waals surface area contributed by atoms with Gasteiger partial charge in [0.05, 0.1) is 10.7 Å². The Balaban J connectivity index is 2.26. The zero-order chi connectivity index (χ0) is 15.6. The summed E-state index contributed by atoms with van der Waals surface area (Å²) in [6.07, 6.45) is 0. The molecule has 0 saturated heterocycles. The van der Waals surface area contributed by atoms with Gasteiger partial charge in [-0.05, 0) is 55.7 Å². The molecule has 0 bridgehead atoms. The Morgan fingerprint density at radius 3 is 2.48 bits per heavy atom. The Morgan fingerprint density at radius 2 is 1.86 bits per heavy atom. The monoisotopic (exact) mass is 302 g/mol. The highest BCUT2D eigenvalue weighted by Crippen LogP contribution is 2.28. The minimum Gasteiger partial charge on any atom is -0.377 e. The van der Waals surface area contributed by atoms with Gasteiger partial charge in [-0.15, -0.1) is 0 Å². The first kappa shape index (κ1) is 15.4. The van der Waals surface area contributed by atoms with Gasteiger partial charge in [-0.25, -0.2) is 0 Å². The summed E-state index contributed by atoms with van der Waals surface area (Å²) in [5.41, 5.74) is 10.1. The fourth-order valence-electron chi connectivity index (χ4n) is 2.14. The molecule has 2 aromatic carbocycles. The fraction of sp³-hybridized carbons (Fsp3) is 0.235. The van der Waals surface area contributed by atoms with Crippen LogP contribution >= 0.6 is 11.6 Å². The molecule has 21 heavy (non-hydrogen) atoms. The number of hydrogen-bond donors (Lipinski definition) is 2. The van der Waals surface area contributed by atoms with Crippen LogP contribution in [0.1, 0.15) is 40.0 Å². The Labute approximate surface area is 130 Å². The van der Waals surface area contributed by atoms with E-state index < -0.39 is 5.91 Å². The molecule has 3 nitrogen and oxygen atoms in total. The van der Waals surface area contributed by atoms with Gasteiger partial charge in [-0.3, -0.25) is 4.79 Å². The molecule has 0 fully saturated rings. The van der Waals surface area contributed by atoms with Crippen molar-refractivity contribution in [3.05, 3.63) is 63.7 Å². The minimum atomic E-state index is -0.464. The lowest BCUT2D eigenvalue weighted by molar-refractivity contribution is 0.100. The number of halogens is 1. The molecule has 0 spiro atoms. The molecule has 2 rings (SSSR count). The van der Waals surface area contributed by atoms with E-state index in [-0.39, 0.29) is 6.04 Å². The SMILES string of the molecule is Cc1ccc(C(C)Nc2cc(C(N)=O)ccc2Cl)cc1C. The number of primary amides is 1. The average Bonchev–Trinajstić information content (AvgIpc) is 2.43. The van der Waals surface area contributed by atoms with E-state index >= 15 is 0 Å². The van der Waals surface area contributed by atoms with Crippen LogP contribution in [0.2, 0.25) is 5.02 Å². The number of benzene rings is 2. The molecule has 1 unspecified atom stereocenters. The number of nitrogens with one attached hydrogen (secondary N) is 1. The van der Waals surface area contributed by atoms with E-state index in [1.165, 1.54) is 16.7 Å². The van der Waals surface area contributed by atoms with Crippen LogP contribution in [0, 0.1) is 13.8 Å². The van der Waals surface area contributed by atoms with Crippen molar-refractivity contribution >= 4 is 23.2 Å². The van der Waals surface area contributed by atoms with Gasteiger partial charge in [0.2, 0.25) is 5.91 Å². The lowest BCUT2D eigenvalue weighted by Gasteiger charge is -2.18. The molecule has 0 aliphatic carbocycles. The van der Waals surface area contributed by atoms with Crippen molar-refractivity contribution in [1.29, 1.82) is 0 Å². The van der Waals surface area contributed by atoms with Gasteiger partial charge < -0.3 is 11.1 Å². The van der Waals surface area contributed by atoms with Gasteiger partial charge in [-0.2, -0.15) is 0 Å². The van der Waals surface area contributed by atoms with Gasteiger partial charge in [0.1, 0.15) is 0 Å². The van der Waals surface area contributed by atoms with E-state index in [9.17, 15) is 4.79 Å². The quantitative estimate of drug-likeness (QED) is 0.888. The first-order valence-electron chi connectivity index (χ1n) is 6.81. The van der Waals surface area contributed by atoms with Crippen molar-refractivity contribution in [2.45, 2.75) is 26.8 Å². The number of carbonyl (C=O) groups excluding carboxylic acids is 1. The molecule has 3 N–H and O–H groups in total. The second-order valence-electron chi connectivity index (χ2n) is 5.27. The number of carbonyl (C=O) groups is 1. The molecule has 0 aliphatic rings. The minimum absolute atomic E-state index is 0.0740. The van der Waals surface area contributed by atoms with Crippen LogP contribution in [-0.2, 0) is 0 Å².